The molecule has 0 atom stereocenters. The quantitative estimate of drug-likeness (QED) is 0.419. The van der Waals surface area contributed by atoms with Crippen LogP contribution < -0.4 is 14.8 Å². The zero-order chi connectivity index (χ0) is 25.3. The van der Waals surface area contributed by atoms with E-state index in [9.17, 15) is 4.79 Å². The van der Waals surface area contributed by atoms with Gasteiger partial charge in [-0.1, -0.05) is 60.7 Å². The second-order valence-corrected chi connectivity index (χ2v) is 9.19. The van der Waals surface area contributed by atoms with Crippen molar-refractivity contribution in [2.75, 3.05) is 44.7 Å². The van der Waals surface area contributed by atoms with E-state index in [1.807, 2.05) is 62.4 Å². The Hall–Kier alpha value is -3.42. The molecule has 1 amide bonds. The topological polar surface area (TPSA) is 54.0 Å². The van der Waals surface area contributed by atoms with Gasteiger partial charge in [-0.3, -0.25) is 9.69 Å². The number of rotatable bonds is 9. The summed E-state index contributed by atoms with van der Waals surface area (Å²) >= 11 is 5.83. The van der Waals surface area contributed by atoms with E-state index in [1.165, 1.54) is 5.56 Å². The molecule has 188 valence electrons. The van der Waals surface area contributed by atoms with E-state index >= 15 is 0 Å². The van der Waals surface area contributed by atoms with Crippen LogP contribution in [0, 0.1) is 6.92 Å². The Bertz CT molecular complexity index is 1180. The molecule has 0 aromatic heterocycles. The lowest BCUT2D eigenvalue weighted by Crippen LogP contribution is -2.48. The number of ether oxygens (including phenoxy) is 2. The molecule has 6 nitrogen and oxygen atoms in total. The third-order valence-electron chi connectivity index (χ3n) is 6.18. The molecule has 36 heavy (non-hydrogen) atoms. The zero-order valence-corrected chi connectivity index (χ0v) is 21.7. The molecule has 1 aliphatic rings. The van der Waals surface area contributed by atoms with Crippen molar-refractivity contribution in [3.63, 3.8) is 0 Å². The lowest BCUT2D eigenvalue weighted by atomic mass is 10.1. The summed E-state index contributed by atoms with van der Waals surface area (Å²) in [5, 5.41) is 2.89. The first-order valence-electron chi connectivity index (χ1n) is 12.3. The molecule has 3 aromatic carbocycles. The Morgan fingerprint density at radius 1 is 0.917 bits per heavy atom. The van der Waals surface area contributed by atoms with Gasteiger partial charge in [-0.2, -0.15) is 0 Å². The molecule has 0 spiro atoms. The van der Waals surface area contributed by atoms with E-state index in [4.69, 9.17) is 21.7 Å². The van der Waals surface area contributed by atoms with Crippen molar-refractivity contribution in [2.24, 2.45) is 0 Å². The first-order chi connectivity index (χ1) is 17.5. The number of hydrogen-bond donors (Lipinski definition) is 1. The van der Waals surface area contributed by atoms with Crippen molar-refractivity contribution >= 4 is 28.8 Å². The molecule has 0 bridgehead atoms. The number of benzene rings is 3. The number of aryl methyl sites for hydroxylation is 1. The second kappa shape index (κ2) is 12.5. The maximum atomic E-state index is 12.4. The first kappa shape index (κ1) is 25.7. The lowest BCUT2D eigenvalue weighted by Gasteiger charge is -2.36. The fourth-order valence-corrected chi connectivity index (χ4v) is 4.51. The van der Waals surface area contributed by atoms with E-state index in [0.717, 1.165) is 54.5 Å². The minimum Gasteiger partial charge on any atom is -0.490 e. The SMILES string of the molecule is CCOc1cc(C(=S)N2CCN(Cc3ccccc3)CC2)ccc1OCC(=O)Nc1ccccc1C. The van der Waals surface area contributed by atoms with Crippen LogP contribution in [-0.4, -0.2) is 60.1 Å². The average Bonchev–Trinajstić information content (AvgIpc) is 2.90. The summed E-state index contributed by atoms with van der Waals surface area (Å²) < 4.78 is 11.6. The number of thiocarbonyl (C=S) groups is 1. The van der Waals surface area contributed by atoms with E-state index < -0.39 is 0 Å². The number of piperazine rings is 1. The van der Waals surface area contributed by atoms with Crippen LogP contribution in [0.5, 0.6) is 11.5 Å². The third-order valence-corrected chi connectivity index (χ3v) is 6.67. The predicted octanol–water partition coefficient (Wildman–Crippen LogP) is 4.90. The van der Waals surface area contributed by atoms with Crippen LogP contribution >= 0.6 is 12.2 Å². The number of nitrogens with zero attached hydrogens (tertiary/aromatic N) is 2. The van der Waals surface area contributed by atoms with Crippen molar-refractivity contribution in [1.29, 1.82) is 0 Å². The summed E-state index contributed by atoms with van der Waals surface area (Å²) in [6, 6.07) is 23.9. The van der Waals surface area contributed by atoms with Gasteiger partial charge in [-0.25, -0.2) is 0 Å². The van der Waals surface area contributed by atoms with Crippen molar-refractivity contribution < 1.29 is 14.3 Å². The van der Waals surface area contributed by atoms with E-state index in [-0.39, 0.29) is 12.5 Å². The number of para-hydroxylation sites is 1. The molecule has 4 rings (SSSR count). The summed E-state index contributed by atoms with van der Waals surface area (Å²) in [5.74, 6) is 0.888. The van der Waals surface area contributed by atoms with Crippen LogP contribution in [0.25, 0.3) is 0 Å². The van der Waals surface area contributed by atoms with Gasteiger partial charge in [0.1, 0.15) is 4.99 Å². The number of hydrogen-bond acceptors (Lipinski definition) is 5. The molecule has 0 saturated carbocycles. The summed E-state index contributed by atoms with van der Waals surface area (Å²) in [4.78, 5) is 17.9. The van der Waals surface area contributed by atoms with Gasteiger partial charge in [-0.15, -0.1) is 0 Å². The number of anilines is 1. The third kappa shape index (κ3) is 6.83. The number of carbonyl (C=O) groups excluding carboxylic acids is 1. The van der Waals surface area contributed by atoms with Gasteiger partial charge < -0.3 is 19.7 Å². The Morgan fingerprint density at radius 2 is 1.64 bits per heavy atom. The highest BCUT2D eigenvalue weighted by Gasteiger charge is 2.21. The second-order valence-electron chi connectivity index (χ2n) is 8.80. The molecule has 0 aliphatic carbocycles. The van der Waals surface area contributed by atoms with Gasteiger partial charge in [0.25, 0.3) is 5.91 Å². The monoisotopic (exact) mass is 503 g/mol. The normalized spacial score (nSPS) is 13.8. The molecule has 1 heterocycles. The van der Waals surface area contributed by atoms with Crippen molar-refractivity contribution in [1.82, 2.24) is 9.80 Å². The first-order valence-corrected chi connectivity index (χ1v) is 12.7. The zero-order valence-electron chi connectivity index (χ0n) is 20.9. The predicted molar refractivity (Wildman–Crippen MR) is 148 cm³/mol. The Morgan fingerprint density at radius 3 is 2.36 bits per heavy atom. The van der Waals surface area contributed by atoms with Crippen LogP contribution in [0.2, 0.25) is 0 Å². The van der Waals surface area contributed by atoms with Crippen LogP contribution in [0.4, 0.5) is 5.69 Å². The van der Waals surface area contributed by atoms with Crippen LogP contribution in [-0.2, 0) is 11.3 Å². The summed E-state index contributed by atoms with van der Waals surface area (Å²) in [6.45, 7) is 8.90. The van der Waals surface area contributed by atoms with Gasteiger partial charge in [0.05, 0.1) is 6.61 Å². The molecule has 0 radical (unpaired) electrons. The van der Waals surface area contributed by atoms with Gasteiger partial charge in [0.15, 0.2) is 18.1 Å². The Labute approximate surface area is 218 Å². The molecule has 1 saturated heterocycles. The Balaban J connectivity index is 1.34. The van der Waals surface area contributed by atoms with Crippen molar-refractivity contribution in [3.8, 4) is 11.5 Å². The van der Waals surface area contributed by atoms with Crippen LogP contribution in [0.3, 0.4) is 0 Å². The minimum atomic E-state index is -0.222. The van der Waals surface area contributed by atoms with Crippen molar-refractivity contribution in [2.45, 2.75) is 20.4 Å². The fraction of sp³-hybridized carbons (Fsp3) is 0.310. The molecule has 3 aromatic rings. The van der Waals surface area contributed by atoms with E-state index in [2.05, 4.69) is 39.4 Å². The lowest BCUT2D eigenvalue weighted by molar-refractivity contribution is -0.118. The van der Waals surface area contributed by atoms with Gasteiger partial charge in [-0.05, 0) is 49.2 Å². The average molecular weight is 504 g/mol. The molecule has 0 unspecified atom stereocenters. The van der Waals surface area contributed by atoms with Crippen LogP contribution in [0.1, 0.15) is 23.6 Å². The highest BCUT2D eigenvalue weighted by atomic mass is 32.1. The number of nitrogens with one attached hydrogen (secondary N) is 1. The standard InChI is InChI=1S/C29H33N3O3S/c1-3-34-27-19-24(13-14-26(27)35-21-28(33)30-25-12-8-7-9-22(25)2)29(36)32-17-15-31(16-18-32)20-23-10-5-4-6-11-23/h4-14,19H,3,15-18,20-21H2,1-2H3,(H,30,33). The maximum absolute atomic E-state index is 12.4. The molecule has 1 aliphatic heterocycles. The maximum Gasteiger partial charge on any atom is 0.262 e. The molecular formula is C29H33N3O3S. The summed E-state index contributed by atoms with van der Waals surface area (Å²) in [5.41, 5.74) is 4.03. The minimum absolute atomic E-state index is 0.110. The number of amides is 1. The highest BCUT2D eigenvalue weighted by molar-refractivity contribution is 7.80. The van der Waals surface area contributed by atoms with E-state index in [1.54, 1.807) is 0 Å². The smallest absolute Gasteiger partial charge is 0.262 e. The molecule has 1 N–H and O–H groups in total. The van der Waals surface area contributed by atoms with E-state index in [0.29, 0.717) is 18.1 Å². The molecular weight excluding hydrogens is 470 g/mol. The highest BCUT2D eigenvalue weighted by Crippen LogP contribution is 2.29. The molecule has 7 heteroatoms. The Kier molecular flexibility index (Phi) is 8.92. The van der Waals surface area contributed by atoms with Gasteiger partial charge in [0.2, 0.25) is 0 Å². The van der Waals surface area contributed by atoms with Gasteiger partial charge >= 0.3 is 0 Å². The summed E-state index contributed by atoms with van der Waals surface area (Å²) in [6.07, 6.45) is 0. The fourth-order valence-electron chi connectivity index (χ4n) is 4.20. The summed E-state index contributed by atoms with van der Waals surface area (Å²) in [7, 11) is 0. The van der Waals surface area contributed by atoms with Crippen LogP contribution in [0.15, 0.2) is 72.8 Å². The van der Waals surface area contributed by atoms with Crippen molar-refractivity contribution in [3.05, 3.63) is 89.5 Å². The largest absolute Gasteiger partial charge is 0.490 e. The van der Waals surface area contributed by atoms with Gasteiger partial charge in [0, 0.05) is 44.0 Å². The molecule has 1 fully saturated rings. The number of carbonyl (C=O) groups is 1.